The summed E-state index contributed by atoms with van der Waals surface area (Å²) in [7, 11) is 0. The summed E-state index contributed by atoms with van der Waals surface area (Å²) in [5, 5.41) is 6.09. The van der Waals surface area contributed by atoms with Crippen LogP contribution in [0.15, 0.2) is 40.9 Å². The van der Waals surface area contributed by atoms with Gasteiger partial charge in [0.25, 0.3) is 0 Å². The predicted molar refractivity (Wildman–Crippen MR) is 92.7 cm³/mol. The van der Waals surface area contributed by atoms with E-state index >= 15 is 0 Å². The molecule has 2 aromatic carbocycles. The number of amides is 2. The first-order valence-electron chi connectivity index (χ1n) is 6.66. The first-order valence-corrected chi connectivity index (χ1v) is 7.83. The highest BCUT2D eigenvalue weighted by Crippen LogP contribution is 2.25. The Hall–Kier alpha value is -1.72. The fourth-order valence-electron chi connectivity index (χ4n) is 1.90. The topological polar surface area (TPSA) is 50.4 Å². The second kappa shape index (κ2) is 7.51. The standard InChI is InChI=1S/C16H16BrClN2O2/c1-10-7-12(8-11(2)15(10)18)22-9-19-16(21)20-14-6-4-3-5-13(14)17/h3-8H,9H2,1-2H3,(H2,19,20,21). The zero-order valence-corrected chi connectivity index (χ0v) is 14.6. The van der Waals surface area contributed by atoms with Crippen LogP contribution < -0.4 is 15.4 Å². The molecule has 0 aromatic heterocycles. The molecule has 116 valence electrons. The van der Waals surface area contributed by atoms with E-state index in [-0.39, 0.29) is 12.8 Å². The summed E-state index contributed by atoms with van der Waals surface area (Å²) in [5.74, 6) is 0.667. The van der Waals surface area contributed by atoms with E-state index in [9.17, 15) is 4.79 Å². The molecule has 0 aliphatic rings. The summed E-state index contributed by atoms with van der Waals surface area (Å²) in [5.41, 5.74) is 2.57. The molecule has 2 rings (SSSR count). The Kier molecular flexibility index (Phi) is 5.69. The number of hydrogen-bond donors (Lipinski definition) is 2. The van der Waals surface area contributed by atoms with Gasteiger partial charge < -0.3 is 15.4 Å². The Morgan fingerprint density at radius 2 is 1.86 bits per heavy atom. The number of para-hydroxylation sites is 1. The van der Waals surface area contributed by atoms with Crippen molar-refractivity contribution >= 4 is 39.2 Å². The molecule has 22 heavy (non-hydrogen) atoms. The predicted octanol–water partition coefficient (Wildman–Crippen LogP) is 4.88. The Morgan fingerprint density at radius 1 is 1.23 bits per heavy atom. The van der Waals surface area contributed by atoms with Crippen LogP contribution in [0, 0.1) is 13.8 Å². The fourth-order valence-corrected chi connectivity index (χ4v) is 2.40. The third-order valence-electron chi connectivity index (χ3n) is 3.00. The molecular weight excluding hydrogens is 368 g/mol. The number of benzene rings is 2. The zero-order chi connectivity index (χ0) is 16.1. The number of anilines is 1. The van der Waals surface area contributed by atoms with Crippen molar-refractivity contribution in [1.82, 2.24) is 5.32 Å². The third kappa shape index (κ3) is 4.39. The third-order valence-corrected chi connectivity index (χ3v) is 4.29. The monoisotopic (exact) mass is 382 g/mol. The van der Waals surface area contributed by atoms with Crippen molar-refractivity contribution in [3.63, 3.8) is 0 Å². The highest BCUT2D eigenvalue weighted by Gasteiger charge is 2.06. The lowest BCUT2D eigenvalue weighted by atomic mass is 10.1. The zero-order valence-electron chi connectivity index (χ0n) is 12.2. The van der Waals surface area contributed by atoms with E-state index in [4.69, 9.17) is 16.3 Å². The molecule has 0 saturated carbocycles. The van der Waals surface area contributed by atoms with Gasteiger partial charge in [0, 0.05) is 9.50 Å². The number of ether oxygens (including phenoxy) is 1. The Morgan fingerprint density at radius 3 is 2.50 bits per heavy atom. The highest BCUT2D eigenvalue weighted by molar-refractivity contribution is 9.10. The molecule has 0 bridgehead atoms. The SMILES string of the molecule is Cc1cc(OCNC(=O)Nc2ccccc2Br)cc(C)c1Cl. The summed E-state index contributed by atoms with van der Waals surface area (Å²) in [6.45, 7) is 3.89. The maximum Gasteiger partial charge on any atom is 0.321 e. The van der Waals surface area contributed by atoms with E-state index in [1.165, 1.54) is 0 Å². The van der Waals surface area contributed by atoms with Crippen LogP contribution in [-0.4, -0.2) is 12.8 Å². The van der Waals surface area contributed by atoms with Crippen molar-refractivity contribution in [3.8, 4) is 5.75 Å². The van der Waals surface area contributed by atoms with Crippen molar-refractivity contribution in [2.24, 2.45) is 0 Å². The van der Waals surface area contributed by atoms with Crippen LogP contribution in [0.25, 0.3) is 0 Å². The average Bonchev–Trinajstić information content (AvgIpc) is 2.47. The molecule has 0 aliphatic heterocycles. The lowest BCUT2D eigenvalue weighted by Crippen LogP contribution is -2.32. The van der Waals surface area contributed by atoms with Crippen molar-refractivity contribution < 1.29 is 9.53 Å². The van der Waals surface area contributed by atoms with Crippen LogP contribution in [0.3, 0.4) is 0 Å². The molecule has 0 fully saturated rings. The van der Waals surface area contributed by atoms with Gasteiger partial charge in [-0.2, -0.15) is 0 Å². The first-order chi connectivity index (χ1) is 10.5. The largest absolute Gasteiger partial charge is 0.473 e. The number of carbonyl (C=O) groups is 1. The second-order valence-corrected chi connectivity index (χ2v) is 6.00. The van der Waals surface area contributed by atoms with Crippen LogP contribution in [0.1, 0.15) is 11.1 Å². The van der Waals surface area contributed by atoms with Crippen LogP contribution in [0.5, 0.6) is 5.75 Å². The first kappa shape index (κ1) is 16.6. The molecule has 6 heteroatoms. The number of nitrogens with one attached hydrogen (secondary N) is 2. The van der Waals surface area contributed by atoms with Gasteiger partial charge in [-0.15, -0.1) is 0 Å². The summed E-state index contributed by atoms with van der Waals surface area (Å²) in [4.78, 5) is 11.8. The number of hydrogen-bond acceptors (Lipinski definition) is 2. The summed E-state index contributed by atoms with van der Waals surface area (Å²) in [6, 6.07) is 10.7. The van der Waals surface area contributed by atoms with Gasteiger partial charge in [0.1, 0.15) is 5.75 Å². The molecule has 4 nitrogen and oxygen atoms in total. The molecule has 0 radical (unpaired) electrons. The number of urea groups is 1. The van der Waals surface area contributed by atoms with Crippen LogP contribution in [0.4, 0.5) is 10.5 Å². The minimum atomic E-state index is -0.339. The van der Waals surface area contributed by atoms with Gasteiger partial charge in [0.05, 0.1) is 5.69 Å². The molecule has 2 N–H and O–H groups in total. The maximum atomic E-state index is 11.8. The molecule has 0 unspecified atom stereocenters. The lowest BCUT2D eigenvalue weighted by Gasteiger charge is -2.12. The van der Waals surface area contributed by atoms with E-state index in [0.29, 0.717) is 11.4 Å². The molecule has 0 spiro atoms. The number of halogens is 2. The highest BCUT2D eigenvalue weighted by atomic mass is 79.9. The molecule has 0 atom stereocenters. The van der Waals surface area contributed by atoms with Gasteiger partial charge in [-0.3, -0.25) is 0 Å². The van der Waals surface area contributed by atoms with E-state index in [1.54, 1.807) is 6.07 Å². The van der Waals surface area contributed by atoms with Crippen molar-refractivity contribution in [2.75, 3.05) is 12.0 Å². The lowest BCUT2D eigenvalue weighted by molar-refractivity contribution is 0.234. The molecule has 0 heterocycles. The molecule has 0 aliphatic carbocycles. The van der Waals surface area contributed by atoms with Crippen molar-refractivity contribution in [1.29, 1.82) is 0 Å². The van der Waals surface area contributed by atoms with Gasteiger partial charge in [-0.25, -0.2) is 4.79 Å². The Bertz CT molecular complexity index is 669. The molecule has 0 saturated heterocycles. The second-order valence-electron chi connectivity index (χ2n) is 4.77. The Labute approximate surface area is 142 Å². The van der Waals surface area contributed by atoms with Gasteiger partial charge in [-0.1, -0.05) is 23.7 Å². The molecule has 2 aromatic rings. The normalized spacial score (nSPS) is 10.2. The summed E-state index contributed by atoms with van der Waals surface area (Å²) < 4.78 is 6.33. The summed E-state index contributed by atoms with van der Waals surface area (Å²) >= 11 is 9.47. The smallest absolute Gasteiger partial charge is 0.321 e. The van der Waals surface area contributed by atoms with E-state index < -0.39 is 0 Å². The quantitative estimate of drug-likeness (QED) is 0.739. The van der Waals surface area contributed by atoms with Crippen molar-refractivity contribution in [2.45, 2.75) is 13.8 Å². The number of carbonyl (C=O) groups excluding carboxylic acids is 1. The van der Waals surface area contributed by atoms with Gasteiger partial charge in [0.2, 0.25) is 0 Å². The van der Waals surface area contributed by atoms with Crippen molar-refractivity contribution in [3.05, 3.63) is 57.0 Å². The minimum absolute atomic E-state index is 0.0663. The minimum Gasteiger partial charge on any atom is -0.473 e. The molecule has 2 amide bonds. The Balaban J connectivity index is 1.86. The van der Waals surface area contributed by atoms with E-state index in [1.807, 2.05) is 44.2 Å². The summed E-state index contributed by atoms with van der Waals surface area (Å²) in [6.07, 6.45) is 0. The maximum absolute atomic E-state index is 11.8. The number of rotatable bonds is 4. The van der Waals surface area contributed by atoms with Crippen LogP contribution >= 0.6 is 27.5 Å². The fraction of sp³-hybridized carbons (Fsp3) is 0.188. The number of aryl methyl sites for hydroxylation is 2. The van der Waals surface area contributed by atoms with Crippen LogP contribution in [-0.2, 0) is 0 Å². The van der Waals surface area contributed by atoms with Gasteiger partial charge in [0.15, 0.2) is 6.73 Å². The van der Waals surface area contributed by atoms with Crippen LogP contribution in [0.2, 0.25) is 5.02 Å². The van der Waals surface area contributed by atoms with Gasteiger partial charge in [-0.05, 0) is 65.2 Å². The average molecular weight is 384 g/mol. The van der Waals surface area contributed by atoms with Gasteiger partial charge >= 0.3 is 6.03 Å². The van der Waals surface area contributed by atoms with E-state index in [0.717, 1.165) is 20.6 Å². The molecular formula is C16H16BrClN2O2. The van der Waals surface area contributed by atoms with E-state index in [2.05, 4.69) is 26.6 Å².